The quantitative estimate of drug-likeness (QED) is 0.833. The number of aryl methyl sites for hydroxylation is 2. The maximum atomic E-state index is 13.0. The molecule has 0 amide bonds. The van der Waals surface area contributed by atoms with E-state index in [-0.39, 0.29) is 11.8 Å². The second-order valence-electron chi connectivity index (χ2n) is 7.25. The van der Waals surface area contributed by atoms with Gasteiger partial charge in [0, 0.05) is 36.7 Å². The molecule has 1 N–H and O–H groups in total. The molecule has 3 heterocycles. The Morgan fingerprint density at radius 1 is 1.36 bits per heavy atom. The second-order valence-corrected chi connectivity index (χ2v) is 8.05. The first kappa shape index (κ1) is 16.6. The average Bonchev–Trinajstić information content (AvgIpc) is 3.29. The zero-order chi connectivity index (χ0) is 17.6. The van der Waals surface area contributed by atoms with Gasteiger partial charge in [-0.2, -0.15) is 9.36 Å². The van der Waals surface area contributed by atoms with Crippen molar-refractivity contribution in [2.75, 3.05) is 23.3 Å². The van der Waals surface area contributed by atoms with Crippen LogP contribution in [0.25, 0.3) is 0 Å². The number of hydrogen-bond donors (Lipinski definition) is 1. The van der Waals surface area contributed by atoms with E-state index in [2.05, 4.69) is 24.6 Å². The molecule has 8 heteroatoms. The van der Waals surface area contributed by atoms with Crippen LogP contribution in [-0.4, -0.2) is 33.9 Å². The number of anilines is 3. The Labute approximate surface area is 149 Å². The normalized spacial score (nSPS) is 19.2. The molecule has 25 heavy (non-hydrogen) atoms. The summed E-state index contributed by atoms with van der Waals surface area (Å²) in [6.45, 7) is 5.22. The predicted octanol–water partition coefficient (Wildman–Crippen LogP) is 4.17. The fourth-order valence-corrected chi connectivity index (χ4v) is 4.42. The molecule has 1 aliphatic carbocycles. The lowest BCUT2D eigenvalue weighted by molar-refractivity contribution is 0.0395. The third-order valence-corrected chi connectivity index (χ3v) is 5.92. The largest absolute Gasteiger partial charge is 0.355 e. The van der Waals surface area contributed by atoms with Crippen LogP contribution >= 0.6 is 11.5 Å². The molecule has 0 aromatic carbocycles. The maximum Gasteiger partial charge on any atom is 0.239 e. The molecule has 0 radical (unpaired) electrons. The van der Waals surface area contributed by atoms with Crippen molar-refractivity contribution >= 4 is 28.3 Å². The molecular weight excluding hydrogens is 344 g/mol. The first-order chi connectivity index (χ1) is 11.9. The molecule has 1 saturated heterocycles. The van der Waals surface area contributed by atoms with E-state index in [1.807, 2.05) is 19.9 Å². The third kappa shape index (κ3) is 3.31. The molecule has 2 aliphatic rings. The topological polar surface area (TPSA) is 53.9 Å². The van der Waals surface area contributed by atoms with Crippen molar-refractivity contribution in [3.05, 3.63) is 23.5 Å². The minimum atomic E-state index is -2.24. The van der Waals surface area contributed by atoms with E-state index in [1.54, 1.807) is 6.20 Å². The third-order valence-electron chi connectivity index (χ3n) is 5.12. The Bertz CT molecular complexity index is 768. The molecule has 2 aromatic rings. The van der Waals surface area contributed by atoms with Crippen molar-refractivity contribution in [1.82, 2.24) is 14.3 Å². The predicted molar refractivity (Wildman–Crippen MR) is 94.9 cm³/mol. The highest BCUT2D eigenvalue weighted by molar-refractivity contribution is 7.10. The summed E-state index contributed by atoms with van der Waals surface area (Å²) in [6.07, 6.45) is 1.72. The van der Waals surface area contributed by atoms with Gasteiger partial charge >= 0.3 is 0 Å². The summed E-state index contributed by atoms with van der Waals surface area (Å²) in [5.74, 6) is 1.81. The zero-order valence-corrected chi connectivity index (χ0v) is 15.1. The molecule has 0 atom stereocenters. The number of hydrogen-bond acceptors (Lipinski definition) is 6. The highest BCUT2D eigenvalue weighted by Crippen LogP contribution is 2.54. The lowest BCUT2D eigenvalue weighted by Crippen LogP contribution is -2.59. The Morgan fingerprint density at radius 3 is 2.72 bits per heavy atom. The molecule has 0 bridgehead atoms. The van der Waals surface area contributed by atoms with Crippen molar-refractivity contribution in [2.45, 2.75) is 39.5 Å². The molecule has 2 aromatic heterocycles. The average molecular weight is 365 g/mol. The second kappa shape index (κ2) is 6.16. The van der Waals surface area contributed by atoms with Gasteiger partial charge in [0.05, 0.1) is 5.69 Å². The van der Waals surface area contributed by atoms with Gasteiger partial charge in [-0.3, -0.25) is 0 Å². The lowest BCUT2D eigenvalue weighted by Gasteiger charge is -2.52. The van der Waals surface area contributed by atoms with Crippen molar-refractivity contribution in [3.8, 4) is 0 Å². The van der Waals surface area contributed by atoms with Crippen LogP contribution in [0.2, 0.25) is 0 Å². The Balaban J connectivity index is 1.50. The summed E-state index contributed by atoms with van der Waals surface area (Å²) >= 11 is 1.36. The van der Waals surface area contributed by atoms with E-state index in [4.69, 9.17) is 0 Å². The standard InChI is InChI=1S/C17H21F2N5S/c1-10-7-20-16(21-14-5-11(2)23-25-14)22-15(10)24-8-17(9-24,6-13(18)19)12-3-4-12/h5,7,12-13H,3-4,6,8-9H2,1-2H3,(H,20,21,22). The SMILES string of the molecule is Cc1cc(Nc2ncc(C)c(N3CC(CC(F)F)(C4CC4)C3)n2)sn1. The maximum absolute atomic E-state index is 13.0. The molecule has 4 rings (SSSR count). The summed E-state index contributed by atoms with van der Waals surface area (Å²) in [5.41, 5.74) is 1.68. The first-order valence-electron chi connectivity index (χ1n) is 8.52. The molecular formula is C17H21F2N5S. The van der Waals surface area contributed by atoms with Crippen LogP contribution < -0.4 is 10.2 Å². The number of alkyl halides is 2. The monoisotopic (exact) mass is 365 g/mol. The number of nitrogens with one attached hydrogen (secondary N) is 1. The van der Waals surface area contributed by atoms with Gasteiger partial charge in [-0.15, -0.1) is 0 Å². The zero-order valence-electron chi connectivity index (χ0n) is 14.3. The summed E-state index contributed by atoms with van der Waals surface area (Å²) in [6, 6.07) is 1.94. The Morgan fingerprint density at radius 2 is 2.12 bits per heavy atom. The lowest BCUT2D eigenvalue weighted by atomic mass is 9.72. The van der Waals surface area contributed by atoms with Crippen molar-refractivity contribution in [1.29, 1.82) is 0 Å². The molecule has 1 aliphatic heterocycles. The summed E-state index contributed by atoms with van der Waals surface area (Å²) in [5, 5.41) is 4.06. The Kier molecular flexibility index (Phi) is 4.10. The summed E-state index contributed by atoms with van der Waals surface area (Å²) < 4.78 is 30.2. The number of aromatic nitrogens is 3. The summed E-state index contributed by atoms with van der Waals surface area (Å²) in [7, 11) is 0. The van der Waals surface area contributed by atoms with Crippen LogP contribution in [-0.2, 0) is 0 Å². The van der Waals surface area contributed by atoms with Crippen molar-refractivity contribution < 1.29 is 8.78 Å². The first-order valence-corrected chi connectivity index (χ1v) is 9.30. The van der Waals surface area contributed by atoms with Gasteiger partial charge < -0.3 is 10.2 Å². The van der Waals surface area contributed by atoms with E-state index in [0.717, 1.165) is 34.9 Å². The van der Waals surface area contributed by atoms with Gasteiger partial charge in [0.15, 0.2) is 0 Å². The fourth-order valence-electron chi connectivity index (χ4n) is 3.77. The molecule has 134 valence electrons. The van der Waals surface area contributed by atoms with E-state index < -0.39 is 6.43 Å². The molecule has 0 unspecified atom stereocenters. The van der Waals surface area contributed by atoms with E-state index in [1.165, 1.54) is 11.5 Å². The van der Waals surface area contributed by atoms with E-state index >= 15 is 0 Å². The van der Waals surface area contributed by atoms with Gasteiger partial charge in [-0.25, -0.2) is 13.8 Å². The molecule has 1 saturated carbocycles. The molecule has 0 spiro atoms. The van der Waals surface area contributed by atoms with Crippen LogP contribution in [0.4, 0.5) is 25.5 Å². The van der Waals surface area contributed by atoms with Crippen molar-refractivity contribution in [2.24, 2.45) is 11.3 Å². The molecule has 2 fully saturated rings. The van der Waals surface area contributed by atoms with Gasteiger partial charge in [-0.05, 0) is 50.2 Å². The highest BCUT2D eigenvalue weighted by Gasteiger charge is 2.54. The van der Waals surface area contributed by atoms with Crippen LogP contribution in [0.5, 0.6) is 0 Å². The minimum absolute atomic E-state index is 0.00352. The van der Waals surface area contributed by atoms with Crippen LogP contribution in [0.15, 0.2) is 12.3 Å². The fraction of sp³-hybridized carbons (Fsp3) is 0.588. The van der Waals surface area contributed by atoms with E-state index in [0.29, 0.717) is 25.0 Å². The summed E-state index contributed by atoms with van der Waals surface area (Å²) in [4.78, 5) is 11.1. The van der Waals surface area contributed by atoms with Crippen LogP contribution in [0.3, 0.4) is 0 Å². The van der Waals surface area contributed by atoms with E-state index in [9.17, 15) is 8.78 Å². The Hall–Kier alpha value is -1.83. The van der Waals surface area contributed by atoms with Crippen molar-refractivity contribution in [3.63, 3.8) is 0 Å². The molecule has 5 nitrogen and oxygen atoms in total. The van der Waals surface area contributed by atoms with Crippen LogP contribution in [0, 0.1) is 25.2 Å². The smallest absolute Gasteiger partial charge is 0.239 e. The number of rotatable bonds is 6. The highest BCUT2D eigenvalue weighted by atomic mass is 32.1. The van der Waals surface area contributed by atoms with Crippen LogP contribution in [0.1, 0.15) is 30.5 Å². The number of nitrogens with zero attached hydrogens (tertiary/aromatic N) is 4. The number of halogens is 2. The van der Waals surface area contributed by atoms with Gasteiger partial charge in [0.25, 0.3) is 0 Å². The minimum Gasteiger partial charge on any atom is -0.355 e. The van der Waals surface area contributed by atoms with Gasteiger partial charge in [0.1, 0.15) is 10.8 Å². The van der Waals surface area contributed by atoms with Gasteiger partial charge in [-0.1, -0.05) is 0 Å². The van der Waals surface area contributed by atoms with Gasteiger partial charge in [0.2, 0.25) is 12.4 Å².